The molecule has 0 saturated carbocycles. The summed E-state index contributed by atoms with van der Waals surface area (Å²) in [6, 6.07) is 19.6. The number of hydrogen-bond acceptors (Lipinski definition) is 3. The average Bonchev–Trinajstić information content (AvgIpc) is 3.10. The molecule has 5 nitrogen and oxygen atoms in total. The van der Waals surface area contributed by atoms with Gasteiger partial charge in [0.25, 0.3) is 5.91 Å². The van der Waals surface area contributed by atoms with E-state index in [2.05, 4.69) is 12.0 Å². The maximum absolute atomic E-state index is 11.4. The molecule has 0 aliphatic heterocycles. The Hall–Kier alpha value is -3.65. The summed E-state index contributed by atoms with van der Waals surface area (Å²) in [7, 11) is 0. The van der Waals surface area contributed by atoms with Crippen LogP contribution in [0.3, 0.4) is 0 Å². The van der Waals surface area contributed by atoms with E-state index in [4.69, 9.17) is 11.0 Å². The molecule has 5 heteroatoms. The second kappa shape index (κ2) is 7.49. The first-order valence-electron chi connectivity index (χ1n) is 8.28. The monoisotopic (exact) mass is 342 g/mol. The highest BCUT2D eigenvalue weighted by atomic mass is 16.1. The van der Waals surface area contributed by atoms with Gasteiger partial charge in [0.1, 0.15) is 11.6 Å². The molecule has 0 spiro atoms. The summed E-state index contributed by atoms with van der Waals surface area (Å²) in [6.07, 6.45) is 4.22. The second-order valence-electron chi connectivity index (χ2n) is 5.80. The van der Waals surface area contributed by atoms with E-state index in [1.165, 1.54) is 11.6 Å². The lowest BCUT2D eigenvalue weighted by atomic mass is 10.0. The van der Waals surface area contributed by atoms with Crippen molar-refractivity contribution >= 4 is 12.0 Å². The Kier molecular flexibility index (Phi) is 4.95. The maximum atomic E-state index is 11.4. The zero-order valence-electron chi connectivity index (χ0n) is 14.4. The normalized spacial score (nSPS) is 11.2. The van der Waals surface area contributed by atoms with E-state index >= 15 is 0 Å². The van der Waals surface area contributed by atoms with E-state index < -0.39 is 5.91 Å². The van der Waals surface area contributed by atoms with Gasteiger partial charge in [-0.25, -0.2) is 4.68 Å². The number of carbonyl (C=O) groups is 1. The van der Waals surface area contributed by atoms with E-state index in [1.54, 1.807) is 10.9 Å². The molecule has 1 aromatic heterocycles. The van der Waals surface area contributed by atoms with Crippen molar-refractivity contribution in [3.8, 4) is 23.0 Å². The molecule has 0 fully saturated rings. The highest BCUT2D eigenvalue weighted by Gasteiger charge is 2.13. The Bertz CT molecular complexity index is 993. The summed E-state index contributed by atoms with van der Waals surface area (Å²) >= 11 is 0. The van der Waals surface area contributed by atoms with Crippen molar-refractivity contribution in [3.63, 3.8) is 0 Å². The van der Waals surface area contributed by atoms with Crippen molar-refractivity contribution in [1.29, 1.82) is 5.26 Å². The fourth-order valence-electron chi connectivity index (χ4n) is 2.64. The van der Waals surface area contributed by atoms with Crippen molar-refractivity contribution in [2.24, 2.45) is 5.73 Å². The maximum Gasteiger partial charge on any atom is 0.259 e. The second-order valence-corrected chi connectivity index (χ2v) is 5.80. The number of primary amides is 1. The van der Waals surface area contributed by atoms with Crippen LogP contribution >= 0.6 is 0 Å². The number of benzene rings is 2. The van der Waals surface area contributed by atoms with Gasteiger partial charge in [-0.1, -0.05) is 49.4 Å². The summed E-state index contributed by atoms with van der Waals surface area (Å²) in [5.41, 5.74) is 9.54. The molecule has 0 bridgehead atoms. The van der Waals surface area contributed by atoms with Gasteiger partial charge in [-0.2, -0.15) is 10.4 Å². The molecule has 2 aromatic carbocycles. The predicted molar refractivity (Wildman–Crippen MR) is 101 cm³/mol. The van der Waals surface area contributed by atoms with Crippen LogP contribution in [0.4, 0.5) is 0 Å². The number of aromatic nitrogens is 2. The van der Waals surface area contributed by atoms with E-state index in [-0.39, 0.29) is 5.57 Å². The molecular weight excluding hydrogens is 324 g/mol. The van der Waals surface area contributed by atoms with Crippen LogP contribution in [-0.2, 0) is 11.2 Å². The first-order chi connectivity index (χ1) is 12.6. The topological polar surface area (TPSA) is 84.7 Å². The Balaban J connectivity index is 2.15. The van der Waals surface area contributed by atoms with Crippen LogP contribution in [0.5, 0.6) is 0 Å². The van der Waals surface area contributed by atoms with Crippen LogP contribution in [-0.4, -0.2) is 15.7 Å². The molecule has 26 heavy (non-hydrogen) atoms. The first-order valence-corrected chi connectivity index (χ1v) is 8.28. The largest absolute Gasteiger partial charge is 0.365 e. The molecule has 0 aliphatic carbocycles. The Morgan fingerprint density at radius 3 is 2.46 bits per heavy atom. The van der Waals surface area contributed by atoms with Crippen molar-refractivity contribution < 1.29 is 4.79 Å². The van der Waals surface area contributed by atoms with Crippen LogP contribution < -0.4 is 5.73 Å². The first kappa shape index (κ1) is 17.2. The van der Waals surface area contributed by atoms with E-state index in [0.29, 0.717) is 11.3 Å². The highest BCUT2D eigenvalue weighted by molar-refractivity contribution is 6.01. The van der Waals surface area contributed by atoms with Gasteiger partial charge in [0.2, 0.25) is 0 Å². The Labute approximate surface area is 152 Å². The van der Waals surface area contributed by atoms with Crippen molar-refractivity contribution in [2.45, 2.75) is 13.3 Å². The number of nitrogens with two attached hydrogens (primary N) is 1. The number of nitriles is 1. The highest BCUT2D eigenvalue weighted by Crippen LogP contribution is 2.26. The number of nitrogens with zero attached hydrogens (tertiary/aromatic N) is 3. The number of amides is 1. The number of rotatable bonds is 5. The van der Waals surface area contributed by atoms with E-state index in [1.807, 2.05) is 60.7 Å². The van der Waals surface area contributed by atoms with Crippen molar-refractivity contribution in [3.05, 3.63) is 77.5 Å². The Morgan fingerprint density at radius 2 is 1.88 bits per heavy atom. The lowest BCUT2D eigenvalue weighted by Gasteiger charge is -2.02. The van der Waals surface area contributed by atoms with Crippen LogP contribution in [0.15, 0.2) is 66.4 Å². The van der Waals surface area contributed by atoms with E-state index in [9.17, 15) is 4.79 Å². The number of aryl methyl sites for hydroxylation is 1. The molecule has 0 atom stereocenters. The molecule has 0 radical (unpaired) electrons. The number of carbonyl (C=O) groups excluding carboxylic acids is 1. The van der Waals surface area contributed by atoms with Gasteiger partial charge in [0.15, 0.2) is 0 Å². The van der Waals surface area contributed by atoms with Gasteiger partial charge in [0, 0.05) is 17.3 Å². The van der Waals surface area contributed by atoms with Crippen LogP contribution in [0.2, 0.25) is 0 Å². The molecule has 128 valence electrons. The summed E-state index contributed by atoms with van der Waals surface area (Å²) in [5, 5.41) is 13.8. The zero-order chi connectivity index (χ0) is 18.5. The summed E-state index contributed by atoms with van der Waals surface area (Å²) in [4.78, 5) is 11.4. The third-order valence-corrected chi connectivity index (χ3v) is 4.08. The lowest BCUT2D eigenvalue weighted by Crippen LogP contribution is -2.12. The molecular formula is C21H18N4O. The zero-order valence-corrected chi connectivity index (χ0v) is 14.4. The fraction of sp³-hybridized carbons (Fsp3) is 0.0952. The summed E-state index contributed by atoms with van der Waals surface area (Å²) < 4.78 is 1.73. The van der Waals surface area contributed by atoms with Gasteiger partial charge in [-0.05, 0) is 30.2 Å². The lowest BCUT2D eigenvalue weighted by molar-refractivity contribution is -0.114. The third kappa shape index (κ3) is 3.55. The minimum atomic E-state index is -0.757. The smallest absolute Gasteiger partial charge is 0.259 e. The molecule has 0 aliphatic rings. The molecule has 3 rings (SSSR count). The summed E-state index contributed by atoms with van der Waals surface area (Å²) in [5.74, 6) is -0.757. The number of hydrogen-bond donors (Lipinski definition) is 1. The standard InChI is InChI=1S/C21H18N4O/c1-2-15-8-10-16(11-9-15)20-18(12-17(13-22)21(23)26)14-25(24-20)19-6-4-3-5-7-19/h3-12,14H,2H2,1H3,(H2,23,26). The van der Waals surface area contributed by atoms with Crippen molar-refractivity contribution in [1.82, 2.24) is 9.78 Å². The van der Waals surface area contributed by atoms with Gasteiger partial charge < -0.3 is 5.73 Å². The minimum Gasteiger partial charge on any atom is -0.365 e. The molecule has 3 aromatic rings. The third-order valence-electron chi connectivity index (χ3n) is 4.08. The molecule has 0 unspecified atom stereocenters. The van der Waals surface area contributed by atoms with Crippen LogP contribution in [0, 0.1) is 11.3 Å². The van der Waals surface area contributed by atoms with Crippen LogP contribution in [0.25, 0.3) is 23.0 Å². The minimum absolute atomic E-state index is 0.107. The summed E-state index contributed by atoms with van der Waals surface area (Å²) in [6.45, 7) is 2.10. The molecule has 0 saturated heterocycles. The van der Waals surface area contributed by atoms with Crippen molar-refractivity contribution in [2.75, 3.05) is 0 Å². The fourth-order valence-corrected chi connectivity index (χ4v) is 2.64. The van der Waals surface area contributed by atoms with Crippen LogP contribution in [0.1, 0.15) is 18.1 Å². The molecule has 1 heterocycles. The quantitative estimate of drug-likeness (QED) is 0.569. The predicted octanol–water partition coefficient (Wildman–Crippen LogP) is 3.49. The molecule has 2 N–H and O–H groups in total. The van der Waals surface area contributed by atoms with E-state index in [0.717, 1.165) is 17.7 Å². The molecule has 1 amide bonds. The van der Waals surface area contributed by atoms with Gasteiger partial charge in [-0.15, -0.1) is 0 Å². The van der Waals surface area contributed by atoms with Gasteiger partial charge >= 0.3 is 0 Å². The number of para-hydroxylation sites is 1. The Morgan fingerprint density at radius 1 is 1.19 bits per heavy atom. The SMILES string of the molecule is CCc1ccc(-c2nn(-c3ccccc3)cc2C=C(C#N)C(N)=O)cc1. The van der Waals surface area contributed by atoms with Gasteiger partial charge in [0.05, 0.1) is 11.4 Å². The average molecular weight is 342 g/mol. The van der Waals surface area contributed by atoms with Gasteiger partial charge in [-0.3, -0.25) is 4.79 Å².